The van der Waals surface area contributed by atoms with Crippen LogP contribution in [-0.4, -0.2) is 83.9 Å². The van der Waals surface area contributed by atoms with Crippen LogP contribution in [0.15, 0.2) is 11.9 Å². The molecule has 0 aromatic rings. The van der Waals surface area contributed by atoms with Gasteiger partial charge in [0.1, 0.15) is 12.1 Å². The van der Waals surface area contributed by atoms with Gasteiger partial charge in [-0.3, -0.25) is 19.2 Å². The van der Waals surface area contributed by atoms with Gasteiger partial charge in [0.2, 0.25) is 23.5 Å². The van der Waals surface area contributed by atoms with Gasteiger partial charge < -0.3 is 25.6 Å². The minimum Gasteiger partial charge on any atom is -0.461 e. The zero-order valence-electron chi connectivity index (χ0n) is 24.1. The van der Waals surface area contributed by atoms with Crippen LogP contribution in [0.4, 0.5) is 26.3 Å². The average Bonchev–Trinajstić information content (AvgIpc) is 3.31. The first-order valence-electron chi connectivity index (χ1n) is 14.8. The number of esters is 1. The Morgan fingerprint density at radius 1 is 1.09 bits per heavy atom. The van der Waals surface area contributed by atoms with E-state index < -0.39 is 89.9 Å². The first kappa shape index (κ1) is 33.6. The highest BCUT2D eigenvalue weighted by Crippen LogP contribution is 2.49. The Bertz CT molecular complexity index is 1180. The molecule has 44 heavy (non-hydrogen) atoms. The molecule has 3 aliphatic heterocycles. The van der Waals surface area contributed by atoms with Crippen LogP contribution in [0.25, 0.3) is 0 Å². The molecule has 5 aliphatic rings. The molecule has 0 spiro atoms. The zero-order chi connectivity index (χ0) is 32.4. The van der Waals surface area contributed by atoms with Crippen molar-refractivity contribution in [1.29, 1.82) is 0 Å². The molecule has 16 heteroatoms. The van der Waals surface area contributed by atoms with Crippen molar-refractivity contribution in [2.45, 2.75) is 101 Å². The molecular formula is C28H36F6N4O6. The van der Waals surface area contributed by atoms with Gasteiger partial charge in [-0.25, -0.2) is 13.6 Å². The van der Waals surface area contributed by atoms with E-state index in [2.05, 4.69) is 15.4 Å². The van der Waals surface area contributed by atoms with Gasteiger partial charge in [-0.1, -0.05) is 19.3 Å². The third-order valence-electron chi connectivity index (χ3n) is 8.96. The van der Waals surface area contributed by atoms with Crippen LogP contribution in [0.1, 0.15) is 64.7 Å². The number of piperidine rings is 2. The molecule has 5 fully saturated rings. The van der Waals surface area contributed by atoms with Gasteiger partial charge in [0.25, 0.3) is 5.92 Å². The van der Waals surface area contributed by atoms with Crippen LogP contribution in [0.3, 0.4) is 0 Å². The van der Waals surface area contributed by atoms with E-state index in [1.807, 2.05) is 0 Å². The number of halogens is 6. The van der Waals surface area contributed by atoms with Crippen molar-refractivity contribution >= 4 is 29.6 Å². The van der Waals surface area contributed by atoms with Crippen molar-refractivity contribution in [2.24, 2.45) is 17.8 Å². The highest BCUT2D eigenvalue weighted by molar-refractivity contribution is 5.94. The maximum Gasteiger partial charge on any atom is 0.471 e. The number of ether oxygens (including phenoxy) is 1. The Labute approximate surface area is 249 Å². The maximum atomic E-state index is 15.2. The van der Waals surface area contributed by atoms with E-state index in [1.165, 1.54) is 6.92 Å². The van der Waals surface area contributed by atoms with E-state index >= 15 is 8.78 Å². The Hall–Kier alpha value is -3.33. The lowest BCUT2D eigenvalue weighted by Gasteiger charge is -2.54. The van der Waals surface area contributed by atoms with Crippen LogP contribution in [-0.2, 0) is 28.7 Å². The smallest absolute Gasteiger partial charge is 0.461 e. The molecular weight excluding hydrogens is 602 g/mol. The summed E-state index contributed by atoms with van der Waals surface area (Å²) < 4.78 is 89.1. The quantitative estimate of drug-likeness (QED) is 0.181. The summed E-state index contributed by atoms with van der Waals surface area (Å²) in [6.45, 7) is 1.58. The lowest BCUT2D eigenvalue weighted by molar-refractivity contribution is -0.196. The molecule has 0 radical (unpaired) electrons. The van der Waals surface area contributed by atoms with Crippen molar-refractivity contribution in [3.05, 3.63) is 11.9 Å². The third-order valence-corrected chi connectivity index (χ3v) is 8.96. The second kappa shape index (κ2) is 13.3. The number of hydrogen-bond donors (Lipinski definition) is 3. The molecule has 0 unspecified atom stereocenters. The molecule has 6 atom stereocenters. The number of carbonyl (C=O) groups excluding carboxylic acids is 5. The summed E-state index contributed by atoms with van der Waals surface area (Å²) in [6, 6.07) is -6.15. The molecule has 0 aromatic carbocycles. The van der Waals surface area contributed by atoms with Gasteiger partial charge in [-0.05, 0) is 51.0 Å². The van der Waals surface area contributed by atoms with Crippen LogP contribution >= 0.6 is 0 Å². The van der Waals surface area contributed by atoms with Crippen molar-refractivity contribution < 1.29 is 55.1 Å². The largest absolute Gasteiger partial charge is 0.471 e. The lowest BCUT2D eigenvalue weighted by atomic mass is 9.71. The van der Waals surface area contributed by atoms with E-state index in [0.29, 0.717) is 31.9 Å². The normalized spacial score (nSPS) is 28.0. The van der Waals surface area contributed by atoms with E-state index in [9.17, 15) is 41.5 Å². The summed E-state index contributed by atoms with van der Waals surface area (Å²) in [5.41, 5.74) is 0. The minimum atomic E-state index is -5.31. The van der Waals surface area contributed by atoms with Crippen LogP contribution in [0, 0.1) is 17.8 Å². The minimum absolute atomic E-state index is 0.0577. The Balaban J connectivity index is 1.64. The van der Waals surface area contributed by atoms with Gasteiger partial charge in [0.05, 0.1) is 18.6 Å². The predicted octanol–water partition coefficient (Wildman–Crippen LogP) is 2.67. The SMILES string of the molecule is CCOC(=O)/C(F)=C\[C@H](C[C@H]1CCNC1=O)NC(=O)[C@H]1[C@@H]2CC[C@@H](CC2(F)F)N1C(=O)[C@H](CC1CCC1)NC(=O)C(F)(F)F. The topological polar surface area (TPSA) is 134 Å². The fourth-order valence-electron chi connectivity index (χ4n) is 6.59. The number of alkyl halides is 5. The summed E-state index contributed by atoms with van der Waals surface area (Å²) in [5.74, 6) is -13.7. The van der Waals surface area contributed by atoms with E-state index in [4.69, 9.17) is 0 Å². The van der Waals surface area contributed by atoms with Crippen LogP contribution in [0.5, 0.6) is 0 Å². The predicted molar refractivity (Wildman–Crippen MR) is 140 cm³/mol. The van der Waals surface area contributed by atoms with Gasteiger partial charge in [-0.15, -0.1) is 0 Å². The molecule has 5 rings (SSSR count). The second-order valence-electron chi connectivity index (χ2n) is 11.9. The summed E-state index contributed by atoms with van der Waals surface area (Å²) in [5, 5.41) is 6.69. The monoisotopic (exact) mass is 638 g/mol. The van der Waals surface area contributed by atoms with Gasteiger partial charge in [-0.2, -0.15) is 17.6 Å². The molecule has 4 amide bonds. The van der Waals surface area contributed by atoms with Gasteiger partial charge in [0.15, 0.2) is 0 Å². The number of fused-ring (bicyclic) bond motifs is 3. The molecule has 3 saturated heterocycles. The summed E-state index contributed by atoms with van der Waals surface area (Å²) in [7, 11) is 0. The Kier molecular flexibility index (Phi) is 10.2. The van der Waals surface area contributed by atoms with Gasteiger partial charge >= 0.3 is 18.1 Å². The van der Waals surface area contributed by atoms with Crippen LogP contribution in [0.2, 0.25) is 0 Å². The highest BCUT2D eigenvalue weighted by Gasteiger charge is 2.61. The number of nitrogens with one attached hydrogen (secondary N) is 3. The standard InChI is InChI=1S/C28H36F6N4O6/c1-2-44-25(42)19(29)12-16(11-15-8-9-35-22(15)39)36-23(40)21-18-7-6-17(13-27(18,30)31)38(21)24(41)20(10-14-4-3-5-14)37-26(43)28(32,33)34/h12,14-18,20-21H,2-11,13H2,1H3,(H,35,39)(H,36,40)(H,37,43)/b19-12+/t15-,16+,17+,18+,20+,21-/m1/s1. The third kappa shape index (κ3) is 7.48. The first-order chi connectivity index (χ1) is 20.6. The maximum absolute atomic E-state index is 15.2. The number of hydrogen-bond acceptors (Lipinski definition) is 6. The summed E-state index contributed by atoms with van der Waals surface area (Å²) in [4.78, 5) is 64.4. The summed E-state index contributed by atoms with van der Waals surface area (Å²) in [6.07, 6.45) is -3.60. The molecule has 3 heterocycles. The lowest BCUT2D eigenvalue weighted by Crippen LogP contribution is -2.71. The number of rotatable bonds is 11. The highest BCUT2D eigenvalue weighted by atomic mass is 19.4. The van der Waals surface area contributed by atoms with Crippen molar-refractivity contribution in [3.63, 3.8) is 0 Å². The molecule has 2 aliphatic carbocycles. The van der Waals surface area contributed by atoms with E-state index in [1.54, 1.807) is 5.32 Å². The average molecular weight is 639 g/mol. The fourth-order valence-corrected chi connectivity index (χ4v) is 6.59. The number of nitrogens with zero attached hydrogens (tertiary/aromatic N) is 1. The van der Waals surface area contributed by atoms with Gasteiger partial charge in [0, 0.05) is 24.9 Å². The first-order valence-corrected chi connectivity index (χ1v) is 14.8. The van der Waals surface area contributed by atoms with E-state index in [-0.39, 0.29) is 38.2 Å². The van der Waals surface area contributed by atoms with Crippen molar-refractivity contribution in [1.82, 2.24) is 20.9 Å². The van der Waals surface area contributed by atoms with Crippen LogP contribution < -0.4 is 16.0 Å². The molecule has 246 valence electrons. The Morgan fingerprint density at radius 2 is 1.80 bits per heavy atom. The molecule has 2 bridgehead atoms. The second-order valence-corrected chi connectivity index (χ2v) is 11.9. The molecule has 10 nitrogen and oxygen atoms in total. The zero-order valence-corrected chi connectivity index (χ0v) is 24.1. The van der Waals surface area contributed by atoms with Crippen molar-refractivity contribution in [2.75, 3.05) is 13.2 Å². The molecule has 0 aromatic heterocycles. The fraction of sp³-hybridized carbons (Fsp3) is 0.750. The summed E-state index contributed by atoms with van der Waals surface area (Å²) >= 11 is 0. The van der Waals surface area contributed by atoms with E-state index in [0.717, 1.165) is 11.3 Å². The number of amides is 4. The Morgan fingerprint density at radius 3 is 2.34 bits per heavy atom. The molecule has 3 N–H and O–H groups in total. The molecule has 2 saturated carbocycles. The van der Waals surface area contributed by atoms with Crippen molar-refractivity contribution in [3.8, 4) is 0 Å². The number of carbonyl (C=O) groups is 5.